The van der Waals surface area contributed by atoms with Gasteiger partial charge in [0.2, 0.25) is 0 Å². The highest BCUT2D eigenvalue weighted by atomic mass is 16.3. The molecular formula is C13H21NO3. The molecule has 0 spiro atoms. The van der Waals surface area contributed by atoms with Gasteiger partial charge in [0.05, 0.1) is 0 Å². The molecule has 0 aliphatic carbocycles. The summed E-state index contributed by atoms with van der Waals surface area (Å²) in [4.78, 5) is 25.4. The first kappa shape index (κ1) is 13.9. The van der Waals surface area contributed by atoms with Crippen molar-refractivity contribution in [2.75, 3.05) is 6.61 Å². The summed E-state index contributed by atoms with van der Waals surface area (Å²) in [5.74, 6) is -0.443. The molecule has 1 aliphatic heterocycles. The number of hydrogen-bond donors (Lipinski definition) is 1. The third-order valence-electron chi connectivity index (χ3n) is 3.36. The van der Waals surface area contributed by atoms with Crippen molar-refractivity contribution in [2.24, 2.45) is 5.41 Å². The predicted molar refractivity (Wildman–Crippen MR) is 65.2 cm³/mol. The second kappa shape index (κ2) is 4.61. The fourth-order valence-electron chi connectivity index (χ4n) is 2.13. The van der Waals surface area contributed by atoms with Gasteiger partial charge < -0.3 is 5.11 Å². The Morgan fingerprint density at radius 3 is 1.82 bits per heavy atom. The Morgan fingerprint density at radius 1 is 1.12 bits per heavy atom. The highest BCUT2D eigenvalue weighted by Crippen LogP contribution is 2.32. The topological polar surface area (TPSA) is 57.6 Å². The first-order chi connectivity index (χ1) is 7.71. The number of imide groups is 1. The molecule has 1 aliphatic rings. The monoisotopic (exact) mass is 239 g/mol. The predicted octanol–water partition coefficient (Wildman–Crippen LogP) is 1.49. The second-order valence-corrected chi connectivity index (χ2v) is 5.62. The summed E-state index contributed by atoms with van der Waals surface area (Å²) in [5, 5.41) is 9.10. The van der Waals surface area contributed by atoms with E-state index in [-0.39, 0.29) is 29.9 Å². The van der Waals surface area contributed by atoms with Crippen molar-refractivity contribution in [3.8, 4) is 0 Å². The summed E-state index contributed by atoms with van der Waals surface area (Å²) in [6, 6.07) is -0.264. The molecule has 4 heteroatoms. The van der Waals surface area contributed by atoms with Gasteiger partial charge in [-0.05, 0) is 25.7 Å². The van der Waals surface area contributed by atoms with Crippen LogP contribution in [0.2, 0.25) is 0 Å². The van der Waals surface area contributed by atoms with Crippen LogP contribution < -0.4 is 0 Å². The molecule has 1 rings (SSSR count). The zero-order valence-corrected chi connectivity index (χ0v) is 11.2. The van der Waals surface area contributed by atoms with Crippen molar-refractivity contribution in [3.05, 3.63) is 11.1 Å². The van der Waals surface area contributed by atoms with Crippen LogP contribution in [0, 0.1) is 5.41 Å². The molecular weight excluding hydrogens is 218 g/mol. The van der Waals surface area contributed by atoms with E-state index >= 15 is 0 Å². The average molecular weight is 239 g/mol. The van der Waals surface area contributed by atoms with Crippen molar-refractivity contribution in [1.29, 1.82) is 0 Å². The number of carbonyl (C=O) groups excluding carboxylic acids is 2. The van der Waals surface area contributed by atoms with Crippen LogP contribution in [0.5, 0.6) is 0 Å². The van der Waals surface area contributed by atoms with E-state index in [1.54, 1.807) is 13.8 Å². The lowest BCUT2D eigenvalue weighted by Crippen LogP contribution is -2.48. The van der Waals surface area contributed by atoms with Gasteiger partial charge in [-0.3, -0.25) is 14.5 Å². The molecule has 0 fully saturated rings. The van der Waals surface area contributed by atoms with E-state index in [0.29, 0.717) is 17.6 Å². The van der Waals surface area contributed by atoms with Gasteiger partial charge in [-0.1, -0.05) is 20.8 Å². The fourth-order valence-corrected chi connectivity index (χ4v) is 2.13. The van der Waals surface area contributed by atoms with E-state index < -0.39 is 0 Å². The zero-order chi connectivity index (χ0) is 13.4. The van der Waals surface area contributed by atoms with Crippen LogP contribution in [0.3, 0.4) is 0 Å². The summed E-state index contributed by atoms with van der Waals surface area (Å²) in [7, 11) is 0. The van der Waals surface area contributed by atoms with Crippen molar-refractivity contribution in [3.63, 3.8) is 0 Å². The molecule has 1 atom stereocenters. The third-order valence-corrected chi connectivity index (χ3v) is 3.36. The fraction of sp³-hybridized carbons (Fsp3) is 0.692. The molecule has 1 unspecified atom stereocenters. The third kappa shape index (κ3) is 2.41. The summed E-state index contributed by atoms with van der Waals surface area (Å²) in [5.41, 5.74) is 0.795. The van der Waals surface area contributed by atoms with Gasteiger partial charge in [0.1, 0.15) is 0 Å². The van der Waals surface area contributed by atoms with E-state index in [0.717, 1.165) is 0 Å². The normalized spacial score (nSPS) is 19.3. The highest BCUT2D eigenvalue weighted by Gasteiger charge is 2.42. The average Bonchev–Trinajstić information content (AvgIpc) is 2.40. The minimum atomic E-state index is -0.264. The number of amides is 2. The van der Waals surface area contributed by atoms with E-state index in [4.69, 9.17) is 5.11 Å². The number of carbonyl (C=O) groups is 2. The first-order valence-corrected chi connectivity index (χ1v) is 5.88. The van der Waals surface area contributed by atoms with Gasteiger partial charge in [0.25, 0.3) is 11.8 Å². The lowest BCUT2D eigenvalue weighted by atomic mass is 9.83. The molecule has 0 bridgehead atoms. The maximum atomic E-state index is 12.1. The summed E-state index contributed by atoms with van der Waals surface area (Å²) >= 11 is 0. The van der Waals surface area contributed by atoms with Crippen molar-refractivity contribution in [2.45, 2.75) is 47.1 Å². The van der Waals surface area contributed by atoms with Crippen LogP contribution in [-0.2, 0) is 9.59 Å². The molecule has 2 amide bonds. The van der Waals surface area contributed by atoms with Gasteiger partial charge in [-0.2, -0.15) is 0 Å². The van der Waals surface area contributed by atoms with E-state index in [1.165, 1.54) is 4.90 Å². The molecule has 4 nitrogen and oxygen atoms in total. The van der Waals surface area contributed by atoms with E-state index in [1.807, 2.05) is 20.8 Å². The number of hydrogen-bond acceptors (Lipinski definition) is 3. The van der Waals surface area contributed by atoms with Gasteiger partial charge in [-0.25, -0.2) is 0 Å². The molecule has 1 heterocycles. The summed E-state index contributed by atoms with van der Waals surface area (Å²) in [6.45, 7) is 9.23. The maximum Gasteiger partial charge on any atom is 0.257 e. The molecule has 0 saturated heterocycles. The quantitative estimate of drug-likeness (QED) is 0.759. The number of nitrogens with zero attached hydrogens (tertiary/aromatic N) is 1. The summed E-state index contributed by atoms with van der Waals surface area (Å²) in [6.07, 6.45) is 0.418. The lowest BCUT2D eigenvalue weighted by molar-refractivity contribution is -0.143. The van der Waals surface area contributed by atoms with Crippen molar-refractivity contribution < 1.29 is 14.7 Å². The molecule has 96 valence electrons. The Balaban J connectivity index is 3.08. The van der Waals surface area contributed by atoms with Gasteiger partial charge >= 0.3 is 0 Å². The molecule has 0 aromatic rings. The summed E-state index contributed by atoms with van der Waals surface area (Å²) < 4.78 is 0. The van der Waals surface area contributed by atoms with Crippen LogP contribution in [0.25, 0.3) is 0 Å². The standard InChI is InChI=1S/C13H21NO3/c1-8-9(2)12(17)14(11(8)16)10(6-7-15)13(3,4)5/h10,15H,6-7H2,1-5H3. The Hall–Kier alpha value is -1.16. The van der Waals surface area contributed by atoms with Crippen LogP contribution in [-0.4, -0.2) is 34.5 Å². The Morgan fingerprint density at radius 2 is 1.53 bits per heavy atom. The molecule has 0 aromatic heterocycles. The molecule has 1 N–H and O–H groups in total. The lowest BCUT2D eigenvalue weighted by Gasteiger charge is -2.36. The highest BCUT2D eigenvalue weighted by molar-refractivity contribution is 6.19. The van der Waals surface area contributed by atoms with E-state index in [9.17, 15) is 9.59 Å². The Kier molecular flexibility index (Phi) is 3.77. The maximum absolute atomic E-state index is 12.1. The number of aliphatic hydroxyl groups is 1. The largest absolute Gasteiger partial charge is 0.396 e. The van der Waals surface area contributed by atoms with E-state index in [2.05, 4.69) is 0 Å². The van der Waals surface area contributed by atoms with Gasteiger partial charge in [0, 0.05) is 23.8 Å². The number of aliphatic hydroxyl groups excluding tert-OH is 1. The molecule has 0 saturated carbocycles. The smallest absolute Gasteiger partial charge is 0.257 e. The van der Waals surface area contributed by atoms with Gasteiger partial charge in [-0.15, -0.1) is 0 Å². The van der Waals surface area contributed by atoms with Crippen molar-refractivity contribution >= 4 is 11.8 Å². The SMILES string of the molecule is CC1=C(C)C(=O)N(C(CCO)C(C)(C)C)C1=O. The zero-order valence-electron chi connectivity index (χ0n) is 11.2. The molecule has 0 radical (unpaired) electrons. The number of rotatable bonds is 3. The minimum Gasteiger partial charge on any atom is -0.396 e. The molecule has 17 heavy (non-hydrogen) atoms. The minimum absolute atomic E-state index is 0.0307. The second-order valence-electron chi connectivity index (χ2n) is 5.62. The van der Waals surface area contributed by atoms with Crippen LogP contribution in [0.1, 0.15) is 41.0 Å². The first-order valence-electron chi connectivity index (χ1n) is 5.88. The van der Waals surface area contributed by atoms with Crippen LogP contribution in [0.15, 0.2) is 11.1 Å². The Bertz CT molecular complexity index is 353. The van der Waals surface area contributed by atoms with Gasteiger partial charge in [0.15, 0.2) is 0 Å². The Labute approximate surface area is 102 Å². The van der Waals surface area contributed by atoms with Crippen LogP contribution in [0.4, 0.5) is 0 Å². The van der Waals surface area contributed by atoms with Crippen molar-refractivity contribution in [1.82, 2.24) is 4.90 Å². The molecule has 0 aromatic carbocycles. The van der Waals surface area contributed by atoms with Crippen LogP contribution >= 0.6 is 0 Å².